The number of rotatable bonds is 8. The van der Waals surface area contributed by atoms with Crippen LogP contribution in [-0.2, 0) is 5.50 Å². The van der Waals surface area contributed by atoms with Crippen LogP contribution in [0.5, 0.6) is 17.2 Å². The number of alkyl halides is 4. The van der Waals surface area contributed by atoms with Crippen molar-refractivity contribution in [1.29, 1.82) is 0 Å². The highest BCUT2D eigenvalue weighted by molar-refractivity contribution is 6.44. The third-order valence-corrected chi connectivity index (χ3v) is 3.30. The fourth-order valence-corrected chi connectivity index (χ4v) is 1.75. The van der Waals surface area contributed by atoms with Gasteiger partial charge in [0.05, 0.1) is 35.4 Å². The lowest BCUT2D eigenvalue weighted by molar-refractivity contribution is -0.148. The first-order valence-electron chi connectivity index (χ1n) is 6.71. The maximum atomic E-state index is 13.0. The van der Waals surface area contributed by atoms with Crippen molar-refractivity contribution in [2.75, 3.05) is 20.8 Å². The van der Waals surface area contributed by atoms with Gasteiger partial charge in [-0.2, -0.15) is 8.78 Å². The monoisotopic (exact) mass is 357 g/mol. The fourth-order valence-electron chi connectivity index (χ4n) is 1.75. The average molecular weight is 357 g/mol. The van der Waals surface area contributed by atoms with Crippen molar-refractivity contribution in [1.82, 2.24) is 0 Å². The molecule has 0 aliphatic rings. The molecule has 0 fully saturated rings. The van der Waals surface area contributed by atoms with E-state index in [-0.39, 0.29) is 22.8 Å². The van der Waals surface area contributed by atoms with Gasteiger partial charge in [-0.05, 0) is 11.4 Å². The number of aliphatic hydroxyl groups is 1. The van der Waals surface area contributed by atoms with E-state index >= 15 is 0 Å². The van der Waals surface area contributed by atoms with Gasteiger partial charge in [0, 0.05) is 11.6 Å². The summed E-state index contributed by atoms with van der Waals surface area (Å²) in [6, 6.07) is 2.01. The van der Waals surface area contributed by atoms with Crippen LogP contribution in [0, 0.1) is 0 Å². The Hall–Kier alpha value is -1.55. The minimum absolute atomic E-state index is 0.202. The molecule has 132 valence electrons. The Morgan fingerprint density at radius 3 is 2.00 bits per heavy atom. The second kappa shape index (κ2) is 7.37. The van der Waals surface area contributed by atoms with Crippen LogP contribution in [0.2, 0.25) is 0 Å². The quantitative estimate of drug-likeness (QED) is 0.516. The van der Waals surface area contributed by atoms with Crippen molar-refractivity contribution in [2.24, 2.45) is 5.73 Å². The van der Waals surface area contributed by atoms with Crippen molar-refractivity contribution < 1.29 is 36.9 Å². The van der Waals surface area contributed by atoms with Crippen molar-refractivity contribution in [3.05, 3.63) is 17.7 Å². The van der Waals surface area contributed by atoms with Gasteiger partial charge < -0.3 is 25.1 Å². The highest BCUT2D eigenvalue weighted by atomic mass is 19.3. The molecule has 0 spiro atoms. The maximum absolute atomic E-state index is 13.0. The number of hydrogen-bond donors (Lipinski definition) is 2. The minimum Gasteiger partial charge on any atom is -0.496 e. The van der Waals surface area contributed by atoms with E-state index in [0.29, 0.717) is 0 Å². The van der Waals surface area contributed by atoms with E-state index in [1.807, 2.05) is 0 Å². The molecule has 1 aromatic carbocycles. The zero-order valence-corrected chi connectivity index (χ0v) is 13.4. The molecule has 1 rings (SSSR count). The van der Waals surface area contributed by atoms with Gasteiger partial charge in [-0.3, -0.25) is 0 Å². The molecule has 25 heavy (non-hydrogen) atoms. The van der Waals surface area contributed by atoms with Gasteiger partial charge in [-0.15, -0.1) is 0 Å². The molecule has 12 heteroatoms. The first-order chi connectivity index (χ1) is 11.3. The highest BCUT2D eigenvalue weighted by Crippen LogP contribution is 2.41. The summed E-state index contributed by atoms with van der Waals surface area (Å²) in [4.78, 5) is 0. The van der Waals surface area contributed by atoms with E-state index in [4.69, 9.17) is 43.5 Å². The smallest absolute Gasteiger partial charge is 0.340 e. The number of benzene rings is 1. The number of ether oxygens (including phenoxy) is 3. The molecule has 0 saturated heterocycles. The van der Waals surface area contributed by atoms with E-state index in [1.165, 1.54) is 0 Å². The summed E-state index contributed by atoms with van der Waals surface area (Å²) in [7, 11) is 18.8. The predicted molar refractivity (Wildman–Crippen MR) is 84.1 cm³/mol. The van der Waals surface area contributed by atoms with Crippen LogP contribution >= 0.6 is 0 Å². The Morgan fingerprint density at radius 2 is 1.60 bits per heavy atom. The molecule has 0 aromatic heterocycles. The van der Waals surface area contributed by atoms with Crippen molar-refractivity contribution in [2.45, 2.75) is 23.2 Å². The van der Waals surface area contributed by atoms with Crippen molar-refractivity contribution >= 4 is 23.5 Å². The lowest BCUT2D eigenvalue weighted by Crippen LogP contribution is -2.60. The van der Waals surface area contributed by atoms with Crippen LogP contribution in [0.25, 0.3) is 0 Å². The Balaban J connectivity index is 3.32. The van der Waals surface area contributed by atoms with E-state index in [0.717, 1.165) is 26.4 Å². The number of nitrogens with two attached hydrogens (primary N) is 1. The normalized spacial score (nSPS) is 14.9. The highest BCUT2D eigenvalue weighted by Gasteiger charge is 2.42. The first kappa shape index (κ1) is 21.5. The summed E-state index contributed by atoms with van der Waals surface area (Å²) in [5.74, 6) is -5.18. The van der Waals surface area contributed by atoms with E-state index in [1.54, 1.807) is 0 Å². The molecule has 3 N–H and O–H groups in total. The van der Waals surface area contributed by atoms with E-state index in [9.17, 15) is 22.7 Å². The van der Waals surface area contributed by atoms with Gasteiger partial charge in [0.2, 0.25) is 0 Å². The lowest BCUT2D eigenvalue weighted by atomic mass is 9.45. The molecule has 1 aromatic rings. The van der Waals surface area contributed by atoms with Crippen LogP contribution in [0.3, 0.4) is 0 Å². The maximum Gasteiger partial charge on any atom is 0.340 e. The summed E-state index contributed by atoms with van der Waals surface area (Å²) in [6.45, 7) is -1.62. The van der Waals surface area contributed by atoms with Crippen LogP contribution in [0.1, 0.15) is 5.56 Å². The molecule has 1 atom stereocenters. The van der Waals surface area contributed by atoms with Gasteiger partial charge in [0.15, 0.2) is 18.1 Å². The van der Waals surface area contributed by atoms with Crippen LogP contribution in [0.15, 0.2) is 12.1 Å². The Kier molecular flexibility index (Phi) is 6.34. The van der Waals surface area contributed by atoms with Crippen LogP contribution in [0.4, 0.5) is 17.6 Å². The van der Waals surface area contributed by atoms with Gasteiger partial charge >= 0.3 is 12.3 Å². The number of halogens is 4. The Bertz CT molecular complexity index is 612. The molecule has 0 heterocycles. The largest absolute Gasteiger partial charge is 0.496 e. The molecule has 0 bridgehead atoms. The molecule has 0 aliphatic heterocycles. The van der Waals surface area contributed by atoms with Crippen molar-refractivity contribution in [3.8, 4) is 17.2 Å². The molecule has 1 unspecified atom stereocenters. The summed E-state index contributed by atoms with van der Waals surface area (Å²) < 4.78 is 65.1. The lowest BCUT2D eigenvalue weighted by Gasteiger charge is -2.40. The predicted octanol–water partition coefficient (Wildman–Crippen LogP) is 0.246. The molecular formula is C13H14B3F4NO4. The van der Waals surface area contributed by atoms with Crippen LogP contribution < -0.4 is 19.9 Å². The summed E-state index contributed by atoms with van der Waals surface area (Å²) in [5, 5.41) is 7.98. The molecule has 0 saturated carbocycles. The SMILES string of the molecule is [B]C([B])(N)C([B])(O)c1cc(OC)c(OCC(F)(F)C(F)F)cc1OC. The van der Waals surface area contributed by atoms with E-state index < -0.39 is 29.8 Å². The summed E-state index contributed by atoms with van der Waals surface area (Å²) >= 11 is 0. The standard InChI is InChI=1S/C13H14B3F4NO4/c1-23-7-4-9(25-5-11(19,20)10(17)18)8(24-2)3-6(7)12(14,22)13(15,16)21/h3-4,10,22H,5,21H2,1-2H3. The van der Waals surface area contributed by atoms with Gasteiger partial charge in [0.25, 0.3) is 0 Å². The molecule has 5 nitrogen and oxygen atoms in total. The summed E-state index contributed by atoms with van der Waals surface area (Å²) in [5.41, 5.74) is 2.66. The Morgan fingerprint density at radius 1 is 1.08 bits per heavy atom. The third-order valence-electron chi connectivity index (χ3n) is 3.30. The number of hydrogen-bond acceptors (Lipinski definition) is 5. The number of methoxy groups -OCH3 is 2. The zero-order valence-electron chi connectivity index (χ0n) is 13.4. The Labute approximate surface area is 146 Å². The fraction of sp³-hybridized carbons (Fsp3) is 0.538. The van der Waals surface area contributed by atoms with Gasteiger partial charge in [-0.1, -0.05) is 0 Å². The molecular weight excluding hydrogens is 343 g/mol. The molecule has 0 amide bonds. The third kappa shape index (κ3) is 4.55. The second-order valence-corrected chi connectivity index (χ2v) is 5.25. The zero-order chi connectivity index (χ0) is 19.6. The van der Waals surface area contributed by atoms with Gasteiger partial charge in [0.1, 0.15) is 13.6 Å². The van der Waals surface area contributed by atoms with E-state index in [2.05, 4.69) is 0 Å². The minimum atomic E-state index is -4.38. The first-order valence-corrected chi connectivity index (χ1v) is 6.71. The van der Waals surface area contributed by atoms with Gasteiger partial charge in [-0.25, -0.2) is 8.78 Å². The molecule has 6 radical (unpaired) electrons. The van der Waals surface area contributed by atoms with Crippen LogP contribution in [-0.4, -0.2) is 67.2 Å². The second-order valence-electron chi connectivity index (χ2n) is 5.25. The van der Waals surface area contributed by atoms with Crippen molar-refractivity contribution in [3.63, 3.8) is 0 Å². The topological polar surface area (TPSA) is 73.9 Å². The molecule has 0 aliphatic carbocycles. The summed E-state index contributed by atoms with van der Waals surface area (Å²) in [6.07, 6.45) is -3.92. The average Bonchev–Trinajstić information content (AvgIpc) is 2.50.